The third-order valence-corrected chi connectivity index (χ3v) is 5.59. The van der Waals surface area contributed by atoms with Crippen LogP contribution in [0.4, 0.5) is 0 Å². The molecule has 0 amide bonds. The zero-order valence-electron chi connectivity index (χ0n) is 11.4. The molecule has 0 aromatic carbocycles. The second-order valence-corrected chi connectivity index (χ2v) is 7.38. The highest BCUT2D eigenvalue weighted by Gasteiger charge is 2.20. The molecule has 2 rings (SSSR count). The van der Waals surface area contributed by atoms with Gasteiger partial charge in [0.15, 0.2) is 0 Å². The van der Waals surface area contributed by atoms with E-state index in [2.05, 4.69) is 48.1 Å². The topological polar surface area (TPSA) is 15.3 Å². The summed E-state index contributed by atoms with van der Waals surface area (Å²) in [6.07, 6.45) is 2.57. The van der Waals surface area contributed by atoms with Crippen molar-refractivity contribution in [1.82, 2.24) is 10.2 Å². The molecular weight excluding hydrogens is 260 g/mol. The number of rotatable bonds is 7. The van der Waals surface area contributed by atoms with Crippen LogP contribution in [0.1, 0.15) is 29.5 Å². The summed E-state index contributed by atoms with van der Waals surface area (Å²) < 4.78 is 0. The summed E-state index contributed by atoms with van der Waals surface area (Å²) in [6.45, 7) is 5.47. The number of hydrogen-bond acceptors (Lipinski definition) is 4. The number of nitrogens with one attached hydrogen (secondary N) is 1. The van der Waals surface area contributed by atoms with Gasteiger partial charge in [0.1, 0.15) is 0 Å². The summed E-state index contributed by atoms with van der Waals surface area (Å²) >= 11 is 4.05. The molecule has 1 saturated heterocycles. The van der Waals surface area contributed by atoms with Gasteiger partial charge in [-0.05, 0) is 44.3 Å². The summed E-state index contributed by atoms with van der Waals surface area (Å²) in [6, 6.07) is 5.37. The van der Waals surface area contributed by atoms with Gasteiger partial charge in [0.05, 0.1) is 0 Å². The van der Waals surface area contributed by atoms with Gasteiger partial charge in [-0.15, -0.1) is 11.3 Å². The quantitative estimate of drug-likeness (QED) is 0.774. The van der Waals surface area contributed by atoms with E-state index in [-0.39, 0.29) is 0 Å². The Bertz CT molecular complexity index is 345. The zero-order valence-corrected chi connectivity index (χ0v) is 13.1. The van der Waals surface area contributed by atoms with Crippen molar-refractivity contribution in [3.8, 4) is 0 Å². The molecule has 0 saturated carbocycles. The van der Waals surface area contributed by atoms with Crippen LogP contribution < -0.4 is 5.32 Å². The fourth-order valence-corrected chi connectivity index (χ4v) is 4.59. The smallest absolute Gasteiger partial charge is 0.0328 e. The lowest BCUT2D eigenvalue weighted by Crippen LogP contribution is -2.30. The van der Waals surface area contributed by atoms with Crippen LogP contribution in [0, 0.1) is 0 Å². The maximum absolute atomic E-state index is 3.47. The Labute approximate surface area is 119 Å². The van der Waals surface area contributed by atoms with Crippen LogP contribution in [0.2, 0.25) is 0 Å². The molecule has 102 valence electrons. The average molecular weight is 284 g/mol. The van der Waals surface area contributed by atoms with Crippen molar-refractivity contribution in [1.29, 1.82) is 0 Å². The Morgan fingerprint density at radius 2 is 2.22 bits per heavy atom. The Morgan fingerprint density at radius 1 is 1.39 bits per heavy atom. The molecule has 1 aromatic rings. The first kappa shape index (κ1) is 14.4. The molecular formula is C14H24N2S2. The zero-order chi connectivity index (χ0) is 12.8. The molecule has 1 aliphatic heterocycles. The standard InChI is InChI=1S/C14H24N2S2/c1-3-7-15-9-13-4-5-14(18-13)10-16(2)12-6-8-17-11-12/h4-5,12,15H,3,6-11H2,1-2H3. The lowest BCUT2D eigenvalue weighted by Gasteiger charge is -2.22. The third-order valence-electron chi connectivity index (χ3n) is 3.38. The van der Waals surface area contributed by atoms with Crippen molar-refractivity contribution >= 4 is 23.1 Å². The monoisotopic (exact) mass is 284 g/mol. The molecule has 1 N–H and O–H groups in total. The Hall–Kier alpha value is -0.0300. The van der Waals surface area contributed by atoms with E-state index in [0.29, 0.717) is 0 Å². The van der Waals surface area contributed by atoms with Gasteiger partial charge in [-0.3, -0.25) is 4.90 Å². The van der Waals surface area contributed by atoms with Gasteiger partial charge in [0.25, 0.3) is 0 Å². The number of thioether (sulfide) groups is 1. The lowest BCUT2D eigenvalue weighted by molar-refractivity contribution is 0.256. The molecule has 1 aliphatic rings. The van der Waals surface area contributed by atoms with Gasteiger partial charge < -0.3 is 5.32 Å². The normalized spacial score (nSPS) is 19.8. The SMILES string of the molecule is CCCNCc1ccc(CN(C)C2CCSC2)s1. The number of thiophene rings is 1. The minimum Gasteiger partial charge on any atom is -0.312 e. The summed E-state index contributed by atoms with van der Waals surface area (Å²) in [5.41, 5.74) is 0. The molecule has 4 heteroatoms. The molecule has 18 heavy (non-hydrogen) atoms. The molecule has 0 aliphatic carbocycles. The lowest BCUT2D eigenvalue weighted by atomic mass is 10.2. The fourth-order valence-electron chi connectivity index (χ4n) is 2.24. The first-order valence-corrected chi connectivity index (χ1v) is 8.83. The first-order valence-electron chi connectivity index (χ1n) is 6.86. The van der Waals surface area contributed by atoms with Crippen molar-refractivity contribution in [2.75, 3.05) is 25.1 Å². The van der Waals surface area contributed by atoms with E-state index >= 15 is 0 Å². The van der Waals surface area contributed by atoms with Gasteiger partial charge in [0.2, 0.25) is 0 Å². The molecule has 2 nitrogen and oxygen atoms in total. The maximum Gasteiger partial charge on any atom is 0.0328 e. The number of hydrogen-bond donors (Lipinski definition) is 1. The van der Waals surface area contributed by atoms with Crippen molar-refractivity contribution in [3.05, 3.63) is 21.9 Å². The van der Waals surface area contributed by atoms with Crippen LogP contribution >= 0.6 is 23.1 Å². The van der Waals surface area contributed by atoms with E-state index in [0.717, 1.165) is 25.7 Å². The van der Waals surface area contributed by atoms with Crippen LogP contribution in [-0.2, 0) is 13.1 Å². The van der Waals surface area contributed by atoms with E-state index in [1.165, 1.54) is 34.1 Å². The molecule has 0 radical (unpaired) electrons. The molecule has 0 spiro atoms. The minimum atomic E-state index is 0.791. The van der Waals surface area contributed by atoms with Crippen LogP contribution in [-0.4, -0.2) is 36.0 Å². The minimum absolute atomic E-state index is 0.791. The third kappa shape index (κ3) is 4.26. The van der Waals surface area contributed by atoms with E-state index in [1.54, 1.807) is 0 Å². The molecule has 2 heterocycles. The van der Waals surface area contributed by atoms with E-state index in [9.17, 15) is 0 Å². The highest BCUT2D eigenvalue weighted by molar-refractivity contribution is 7.99. The van der Waals surface area contributed by atoms with Gasteiger partial charge in [0, 0.05) is 34.6 Å². The fraction of sp³-hybridized carbons (Fsp3) is 0.714. The van der Waals surface area contributed by atoms with Crippen LogP contribution in [0.5, 0.6) is 0 Å². The van der Waals surface area contributed by atoms with Gasteiger partial charge >= 0.3 is 0 Å². The first-order chi connectivity index (χ1) is 8.79. The van der Waals surface area contributed by atoms with E-state index < -0.39 is 0 Å². The van der Waals surface area contributed by atoms with Crippen LogP contribution in [0.15, 0.2) is 12.1 Å². The maximum atomic E-state index is 3.47. The van der Waals surface area contributed by atoms with Crippen molar-refractivity contribution < 1.29 is 0 Å². The second kappa shape index (κ2) is 7.53. The Balaban J connectivity index is 1.78. The predicted molar refractivity (Wildman–Crippen MR) is 83.5 cm³/mol. The Morgan fingerprint density at radius 3 is 2.94 bits per heavy atom. The highest BCUT2D eigenvalue weighted by atomic mass is 32.2. The molecule has 1 atom stereocenters. The Kier molecular flexibility index (Phi) is 6.02. The summed E-state index contributed by atoms with van der Waals surface area (Å²) in [7, 11) is 2.27. The van der Waals surface area contributed by atoms with Crippen LogP contribution in [0.25, 0.3) is 0 Å². The van der Waals surface area contributed by atoms with Crippen LogP contribution in [0.3, 0.4) is 0 Å². The van der Waals surface area contributed by atoms with E-state index in [1.807, 2.05) is 11.3 Å². The van der Waals surface area contributed by atoms with Gasteiger partial charge in [-0.2, -0.15) is 11.8 Å². The van der Waals surface area contributed by atoms with Crippen molar-refractivity contribution in [2.24, 2.45) is 0 Å². The largest absolute Gasteiger partial charge is 0.312 e. The summed E-state index contributed by atoms with van der Waals surface area (Å²) in [4.78, 5) is 5.49. The average Bonchev–Trinajstić information content (AvgIpc) is 3.00. The van der Waals surface area contributed by atoms with Crippen molar-refractivity contribution in [3.63, 3.8) is 0 Å². The molecule has 0 bridgehead atoms. The molecule has 1 unspecified atom stereocenters. The van der Waals surface area contributed by atoms with Gasteiger partial charge in [-0.1, -0.05) is 6.92 Å². The predicted octanol–water partition coefficient (Wildman–Crippen LogP) is 3.19. The molecule has 1 fully saturated rings. The van der Waals surface area contributed by atoms with Crippen molar-refractivity contribution in [2.45, 2.75) is 38.9 Å². The molecule has 1 aromatic heterocycles. The summed E-state index contributed by atoms with van der Waals surface area (Å²) in [5.74, 6) is 2.65. The number of nitrogens with zero attached hydrogens (tertiary/aromatic N) is 1. The van der Waals surface area contributed by atoms with Gasteiger partial charge in [-0.25, -0.2) is 0 Å². The summed E-state index contributed by atoms with van der Waals surface area (Å²) in [5, 5.41) is 3.47. The highest BCUT2D eigenvalue weighted by Crippen LogP contribution is 2.24. The second-order valence-electron chi connectivity index (χ2n) is 4.98. The van der Waals surface area contributed by atoms with E-state index in [4.69, 9.17) is 0 Å².